The van der Waals surface area contributed by atoms with Crippen molar-refractivity contribution in [3.05, 3.63) is 27.2 Å². The van der Waals surface area contributed by atoms with Gasteiger partial charge in [-0.1, -0.05) is 15.9 Å². The van der Waals surface area contributed by atoms with E-state index in [2.05, 4.69) is 20.9 Å². The van der Waals surface area contributed by atoms with E-state index in [0.717, 1.165) is 4.57 Å². The van der Waals surface area contributed by atoms with Crippen LogP contribution >= 0.6 is 15.9 Å². The first-order valence-electron chi connectivity index (χ1n) is 4.24. The van der Waals surface area contributed by atoms with Crippen LogP contribution in [-0.4, -0.2) is 18.7 Å². The molecule has 0 aromatic carbocycles. The van der Waals surface area contributed by atoms with Gasteiger partial charge < -0.3 is 4.57 Å². The van der Waals surface area contributed by atoms with Crippen LogP contribution in [0.25, 0.3) is 11.2 Å². The van der Waals surface area contributed by atoms with Gasteiger partial charge in [0.2, 0.25) is 0 Å². The molecule has 2 aromatic rings. The molecule has 0 unspecified atom stereocenters. The largest absolute Gasteiger partial charge is 0.332 e. The average Bonchev–Trinajstić information content (AvgIpc) is 2.67. The zero-order chi connectivity index (χ0) is 11.2. The molecule has 6 nitrogen and oxygen atoms in total. The Bertz CT molecular complexity index is 636. The minimum absolute atomic E-state index is 0.329. The molecule has 2 aromatic heterocycles. The minimum atomic E-state index is -0.368. The molecule has 15 heavy (non-hydrogen) atoms. The van der Waals surface area contributed by atoms with Gasteiger partial charge in [0.15, 0.2) is 11.2 Å². The Morgan fingerprint density at radius 1 is 1.33 bits per heavy atom. The standard InChI is InChI=1S/C8H9BrN4O2/c1-11-6-5(13(3-9)4-10-6)7(14)12(2)8(11)15/h4H,3H2,1-2H3. The van der Waals surface area contributed by atoms with Gasteiger partial charge in [-0.05, 0) is 0 Å². The molecule has 0 N–H and O–H groups in total. The fourth-order valence-electron chi connectivity index (χ4n) is 1.49. The number of rotatable bonds is 1. The highest BCUT2D eigenvalue weighted by atomic mass is 79.9. The van der Waals surface area contributed by atoms with Gasteiger partial charge in [0.05, 0.1) is 11.8 Å². The van der Waals surface area contributed by atoms with Crippen molar-refractivity contribution in [2.24, 2.45) is 14.1 Å². The molecule has 0 spiro atoms. The monoisotopic (exact) mass is 272 g/mol. The average molecular weight is 273 g/mol. The van der Waals surface area contributed by atoms with E-state index >= 15 is 0 Å². The molecule has 0 aliphatic rings. The van der Waals surface area contributed by atoms with E-state index in [9.17, 15) is 9.59 Å². The molecule has 80 valence electrons. The number of imidazole rings is 1. The molecule has 2 heterocycles. The van der Waals surface area contributed by atoms with Crippen LogP contribution in [0.2, 0.25) is 0 Å². The van der Waals surface area contributed by atoms with Crippen molar-refractivity contribution in [1.82, 2.24) is 18.7 Å². The maximum Gasteiger partial charge on any atom is 0.332 e. The van der Waals surface area contributed by atoms with E-state index in [4.69, 9.17) is 0 Å². The van der Waals surface area contributed by atoms with Gasteiger partial charge in [-0.2, -0.15) is 0 Å². The molecular weight excluding hydrogens is 264 g/mol. The first-order chi connectivity index (χ1) is 7.07. The van der Waals surface area contributed by atoms with Gasteiger partial charge in [-0.3, -0.25) is 13.9 Å². The number of aryl methyl sites for hydroxylation is 1. The Morgan fingerprint density at radius 3 is 2.60 bits per heavy atom. The number of fused-ring (bicyclic) bond motifs is 1. The summed E-state index contributed by atoms with van der Waals surface area (Å²) >= 11 is 3.25. The summed E-state index contributed by atoms with van der Waals surface area (Å²) in [7, 11) is 3.05. The summed E-state index contributed by atoms with van der Waals surface area (Å²) in [6.07, 6.45) is 1.53. The van der Waals surface area contributed by atoms with Crippen LogP contribution in [0.1, 0.15) is 0 Å². The molecule has 0 aliphatic carbocycles. The zero-order valence-corrected chi connectivity index (χ0v) is 9.85. The maximum atomic E-state index is 11.8. The summed E-state index contributed by atoms with van der Waals surface area (Å²) in [5.41, 5.74) is 0.605. The number of halogens is 1. The zero-order valence-electron chi connectivity index (χ0n) is 8.27. The highest BCUT2D eigenvalue weighted by Gasteiger charge is 2.12. The van der Waals surface area contributed by atoms with Crippen molar-refractivity contribution >= 4 is 27.1 Å². The second-order valence-electron chi connectivity index (χ2n) is 3.21. The van der Waals surface area contributed by atoms with Crippen LogP contribution < -0.4 is 11.2 Å². The molecule has 0 bridgehead atoms. The Labute approximate surface area is 92.9 Å². The summed E-state index contributed by atoms with van der Waals surface area (Å²) in [6.45, 7) is 0. The van der Waals surface area contributed by atoms with Crippen LogP contribution in [0, 0.1) is 0 Å². The molecule has 0 amide bonds. The fraction of sp³-hybridized carbons (Fsp3) is 0.375. The van der Waals surface area contributed by atoms with Gasteiger partial charge in [0.1, 0.15) is 0 Å². The Morgan fingerprint density at radius 2 is 2.00 bits per heavy atom. The SMILES string of the molecule is Cn1c(=O)c2c(ncn2CBr)n(C)c1=O. The van der Waals surface area contributed by atoms with E-state index in [1.165, 1.54) is 17.9 Å². The van der Waals surface area contributed by atoms with E-state index in [-0.39, 0.29) is 11.2 Å². The number of hydrogen-bond acceptors (Lipinski definition) is 3. The first-order valence-corrected chi connectivity index (χ1v) is 5.37. The van der Waals surface area contributed by atoms with Crippen LogP contribution in [0.3, 0.4) is 0 Å². The van der Waals surface area contributed by atoms with Crippen LogP contribution in [0.4, 0.5) is 0 Å². The molecule has 0 saturated heterocycles. The van der Waals surface area contributed by atoms with E-state index in [1.807, 2.05) is 0 Å². The van der Waals surface area contributed by atoms with E-state index < -0.39 is 0 Å². The third kappa shape index (κ3) is 1.26. The number of alkyl halides is 1. The molecule has 7 heteroatoms. The van der Waals surface area contributed by atoms with Crippen molar-refractivity contribution in [3.63, 3.8) is 0 Å². The topological polar surface area (TPSA) is 61.8 Å². The molecule has 2 rings (SSSR count). The van der Waals surface area contributed by atoms with E-state index in [0.29, 0.717) is 16.6 Å². The van der Waals surface area contributed by atoms with Crippen LogP contribution in [0.15, 0.2) is 15.9 Å². The second-order valence-corrected chi connectivity index (χ2v) is 3.71. The fourth-order valence-corrected chi connectivity index (χ4v) is 1.87. The summed E-state index contributed by atoms with van der Waals surface area (Å²) in [4.78, 5) is 27.4. The van der Waals surface area contributed by atoms with Gasteiger partial charge in [0, 0.05) is 14.1 Å². The minimum Gasteiger partial charge on any atom is -0.314 e. The normalized spacial score (nSPS) is 11.1. The molecule has 0 radical (unpaired) electrons. The third-order valence-electron chi connectivity index (χ3n) is 2.35. The summed E-state index contributed by atoms with van der Waals surface area (Å²) in [5.74, 6) is 0. The van der Waals surface area contributed by atoms with Crippen LogP contribution in [0.5, 0.6) is 0 Å². The van der Waals surface area contributed by atoms with Crippen molar-refractivity contribution in [2.75, 3.05) is 0 Å². The lowest BCUT2D eigenvalue weighted by Crippen LogP contribution is -2.37. The van der Waals surface area contributed by atoms with Crippen LogP contribution in [-0.2, 0) is 19.5 Å². The molecule has 0 saturated carbocycles. The highest BCUT2D eigenvalue weighted by molar-refractivity contribution is 9.08. The number of hydrogen-bond donors (Lipinski definition) is 0. The van der Waals surface area contributed by atoms with Gasteiger partial charge >= 0.3 is 5.69 Å². The van der Waals surface area contributed by atoms with Gasteiger partial charge in [0.25, 0.3) is 5.56 Å². The van der Waals surface area contributed by atoms with E-state index in [1.54, 1.807) is 11.6 Å². The second kappa shape index (κ2) is 3.34. The Balaban J connectivity index is 3.11. The lowest BCUT2D eigenvalue weighted by molar-refractivity contribution is 0.705. The van der Waals surface area contributed by atoms with Crippen molar-refractivity contribution < 1.29 is 0 Å². The summed E-state index contributed by atoms with van der Waals surface area (Å²) in [5, 5.41) is 0. The predicted octanol–water partition coefficient (Wildman–Crippen LogP) is -0.214. The first kappa shape index (κ1) is 10.2. The van der Waals surface area contributed by atoms with Gasteiger partial charge in [-0.15, -0.1) is 0 Å². The van der Waals surface area contributed by atoms with Crippen molar-refractivity contribution in [1.29, 1.82) is 0 Å². The molecule has 0 atom stereocenters. The quantitative estimate of drug-likeness (QED) is 0.675. The van der Waals surface area contributed by atoms with Crippen molar-refractivity contribution in [3.8, 4) is 0 Å². The van der Waals surface area contributed by atoms with Crippen molar-refractivity contribution in [2.45, 2.75) is 5.45 Å². The molecule has 0 aliphatic heterocycles. The number of nitrogens with zero attached hydrogens (tertiary/aromatic N) is 4. The molecule has 0 fully saturated rings. The molecular formula is C8H9BrN4O2. The number of aromatic nitrogens is 4. The van der Waals surface area contributed by atoms with Gasteiger partial charge in [-0.25, -0.2) is 9.78 Å². The third-order valence-corrected chi connectivity index (χ3v) is 2.89. The summed E-state index contributed by atoms with van der Waals surface area (Å²) in [6, 6.07) is 0. The Kier molecular flexibility index (Phi) is 2.26. The lowest BCUT2D eigenvalue weighted by Gasteiger charge is -2.03. The lowest BCUT2D eigenvalue weighted by atomic mass is 10.5. The smallest absolute Gasteiger partial charge is 0.314 e. The maximum absolute atomic E-state index is 11.8. The summed E-state index contributed by atoms with van der Waals surface area (Å²) < 4.78 is 4.08. The predicted molar refractivity (Wildman–Crippen MR) is 59.1 cm³/mol. The Hall–Kier alpha value is -1.37. The highest BCUT2D eigenvalue weighted by Crippen LogP contribution is 2.06.